The summed E-state index contributed by atoms with van der Waals surface area (Å²) in [5.41, 5.74) is 7.20. The van der Waals surface area contributed by atoms with Crippen LogP contribution in [-0.4, -0.2) is 45.0 Å². The highest BCUT2D eigenvalue weighted by Gasteiger charge is 2.29. The van der Waals surface area contributed by atoms with Crippen LogP contribution in [0.1, 0.15) is 19.8 Å². The standard InChI is InChI=1S/C16H20N4O2S/c1-10(15(22)20-8-6-11(7-9-20)14(17)21)23-16-18-12-4-2-3-5-13(12)19-16/h2-5,10-11H,6-9H2,1H3,(H2,17,21)(H,18,19). The number of aromatic amines is 1. The molecule has 23 heavy (non-hydrogen) atoms. The van der Waals surface area contributed by atoms with Crippen molar-refractivity contribution in [3.63, 3.8) is 0 Å². The lowest BCUT2D eigenvalue weighted by Gasteiger charge is -2.32. The van der Waals surface area contributed by atoms with Crippen molar-refractivity contribution in [2.24, 2.45) is 11.7 Å². The number of benzene rings is 1. The second kappa shape index (κ2) is 6.62. The molecule has 2 aromatic rings. The molecule has 1 aliphatic rings. The molecule has 1 aromatic heterocycles. The number of primary amides is 1. The van der Waals surface area contributed by atoms with Gasteiger partial charge in [-0.3, -0.25) is 9.59 Å². The van der Waals surface area contributed by atoms with Crippen LogP contribution in [0.5, 0.6) is 0 Å². The molecule has 2 amide bonds. The number of nitrogens with one attached hydrogen (secondary N) is 1. The molecule has 122 valence electrons. The van der Waals surface area contributed by atoms with E-state index in [1.54, 1.807) is 0 Å². The normalized spacial score (nSPS) is 17.3. The molecule has 7 heteroatoms. The summed E-state index contributed by atoms with van der Waals surface area (Å²) in [4.78, 5) is 33.3. The van der Waals surface area contributed by atoms with Gasteiger partial charge in [-0.1, -0.05) is 23.9 Å². The molecule has 1 unspecified atom stereocenters. The molecule has 2 heterocycles. The van der Waals surface area contributed by atoms with Crippen LogP contribution in [0.15, 0.2) is 29.4 Å². The predicted molar refractivity (Wildman–Crippen MR) is 89.9 cm³/mol. The second-order valence-corrected chi connectivity index (χ2v) is 7.15. The van der Waals surface area contributed by atoms with Gasteiger partial charge in [0, 0.05) is 19.0 Å². The molecule has 0 bridgehead atoms. The Kier molecular flexibility index (Phi) is 4.56. The van der Waals surface area contributed by atoms with Crippen molar-refractivity contribution in [3.8, 4) is 0 Å². The van der Waals surface area contributed by atoms with E-state index in [-0.39, 0.29) is 23.0 Å². The number of para-hydroxylation sites is 2. The van der Waals surface area contributed by atoms with E-state index in [0.717, 1.165) is 16.2 Å². The number of carbonyl (C=O) groups excluding carboxylic acids is 2. The number of nitrogens with two attached hydrogens (primary N) is 1. The fourth-order valence-corrected chi connectivity index (χ4v) is 3.75. The van der Waals surface area contributed by atoms with Crippen molar-refractivity contribution < 1.29 is 9.59 Å². The third-order valence-electron chi connectivity index (χ3n) is 4.21. The molecule has 0 aliphatic carbocycles. The molecule has 1 saturated heterocycles. The first-order chi connectivity index (χ1) is 11.0. The summed E-state index contributed by atoms with van der Waals surface area (Å²) in [6, 6.07) is 7.80. The molecule has 0 spiro atoms. The third kappa shape index (κ3) is 3.50. The van der Waals surface area contributed by atoms with Crippen molar-refractivity contribution in [3.05, 3.63) is 24.3 Å². The summed E-state index contributed by atoms with van der Waals surface area (Å²) in [6.07, 6.45) is 1.31. The molecule has 1 fully saturated rings. The molecule has 1 aliphatic heterocycles. The van der Waals surface area contributed by atoms with Crippen LogP contribution in [0.2, 0.25) is 0 Å². The zero-order valence-electron chi connectivity index (χ0n) is 13.0. The quantitative estimate of drug-likeness (QED) is 0.835. The van der Waals surface area contributed by atoms with Gasteiger partial charge in [0.1, 0.15) is 0 Å². The Bertz CT molecular complexity index is 689. The Hall–Kier alpha value is -2.02. The van der Waals surface area contributed by atoms with Gasteiger partial charge in [0.2, 0.25) is 11.8 Å². The number of fused-ring (bicyclic) bond motifs is 1. The van der Waals surface area contributed by atoms with E-state index in [2.05, 4.69) is 9.97 Å². The maximum absolute atomic E-state index is 12.5. The number of hydrogen-bond acceptors (Lipinski definition) is 4. The van der Waals surface area contributed by atoms with Crippen molar-refractivity contribution in [2.45, 2.75) is 30.2 Å². The Labute approximate surface area is 138 Å². The summed E-state index contributed by atoms with van der Waals surface area (Å²) in [6.45, 7) is 3.08. The first-order valence-corrected chi connectivity index (χ1v) is 8.62. The first-order valence-electron chi connectivity index (χ1n) is 7.74. The van der Waals surface area contributed by atoms with Crippen LogP contribution < -0.4 is 5.73 Å². The van der Waals surface area contributed by atoms with Gasteiger partial charge in [-0.25, -0.2) is 4.98 Å². The minimum absolute atomic E-state index is 0.0818. The summed E-state index contributed by atoms with van der Waals surface area (Å²) >= 11 is 1.43. The molecule has 3 rings (SSSR count). The number of piperidine rings is 1. The average molecular weight is 332 g/mol. The maximum atomic E-state index is 12.5. The Morgan fingerprint density at radius 3 is 2.70 bits per heavy atom. The van der Waals surface area contributed by atoms with Gasteiger partial charge in [0.25, 0.3) is 0 Å². The van der Waals surface area contributed by atoms with Gasteiger partial charge < -0.3 is 15.6 Å². The minimum Gasteiger partial charge on any atom is -0.369 e. The summed E-state index contributed by atoms with van der Waals surface area (Å²) < 4.78 is 0. The topological polar surface area (TPSA) is 92.1 Å². The number of hydrogen-bond donors (Lipinski definition) is 2. The van der Waals surface area contributed by atoms with Gasteiger partial charge in [0.15, 0.2) is 5.16 Å². The Balaban J connectivity index is 1.60. The summed E-state index contributed by atoms with van der Waals surface area (Å²) in [5, 5.41) is 0.528. The molecular weight excluding hydrogens is 312 g/mol. The number of thioether (sulfide) groups is 1. The Morgan fingerprint density at radius 1 is 1.35 bits per heavy atom. The molecule has 6 nitrogen and oxygen atoms in total. The van der Waals surface area contributed by atoms with Crippen LogP contribution in [0.3, 0.4) is 0 Å². The van der Waals surface area contributed by atoms with Gasteiger partial charge in [0.05, 0.1) is 16.3 Å². The summed E-state index contributed by atoms with van der Waals surface area (Å²) in [7, 11) is 0. The number of amides is 2. The maximum Gasteiger partial charge on any atom is 0.235 e. The molecule has 1 atom stereocenters. The number of nitrogens with zero attached hydrogens (tertiary/aromatic N) is 2. The van der Waals surface area contributed by atoms with Gasteiger partial charge >= 0.3 is 0 Å². The second-order valence-electron chi connectivity index (χ2n) is 5.82. The van der Waals surface area contributed by atoms with E-state index in [4.69, 9.17) is 5.73 Å². The monoisotopic (exact) mass is 332 g/mol. The highest BCUT2D eigenvalue weighted by Crippen LogP contribution is 2.26. The molecule has 1 aromatic carbocycles. The fourth-order valence-electron chi connectivity index (χ4n) is 2.84. The van der Waals surface area contributed by atoms with Crippen molar-refractivity contribution in [1.29, 1.82) is 0 Å². The number of imidazole rings is 1. The Morgan fingerprint density at radius 2 is 2.04 bits per heavy atom. The minimum atomic E-state index is -0.262. The van der Waals surface area contributed by atoms with E-state index in [1.807, 2.05) is 36.1 Å². The zero-order chi connectivity index (χ0) is 16.4. The lowest BCUT2D eigenvalue weighted by Crippen LogP contribution is -2.44. The summed E-state index contributed by atoms with van der Waals surface area (Å²) in [5.74, 6) is -0.280. The molecule has 0 saturated carbocycles. The molecule has 0 radical (unpaired) electrons. The van der Waals surface area contributed by atoms with Crippen LogP contribution >= 0.6 is 11.8 Å². The highest BCUT2D eigenvalue weighted by atomic mass is 32.2. The molecule has 3 N–H and O–H groups in total. The van der Waals surface area contributed by atoms with E-state index >= 15 is 0 Å². The van der Waals surface area contributed by atoms with Gasteiger partial charge in [-0.05, 0) is 31.9 Å². The number of rotatable bonds is 4. The SMILES string of the molecule is CC(Sc1nc2ccccc2[nH]1)C(=O)N1CCC(C(N)=O)CC1. The van der Waals surface area contributed by atoms with Gasteiger partial charge in [-0.15, -0.1) is 0 Å². The van der Waals surface area contributed by atoms with Gasteiger partial charge in [-0.2, -0.15) is 0 Å². The van der Waals surface area contributed by atoms with Crippen LogP contribution in [0, 0.1) is 5.92 Å². The third-order valence-corrected chi connectivity index (χ3v) is 5.18. The van der Waals surface area contributed by atoms with Crippen LogP contribution in [-0.2, 0) is 9.59 Å². The molecular formula is C16H20N4O2S. The van der Waals surface area contributed by atoms with Crippen LogP contribution in [0.4, 0.5) is 0 Å². The van der Waals surface area contributed by atoms with E-state index in [1.165, 1.54) is 11.8 Å². The lowest BCUT2D eigenvalue weighted by molar-refractivity contribution is -0.134. The zero-order valence-corrected chi connectivity index (χ0v) is 13.8. The van der Waals surface area contributed by atoms with Crippen molar-refractivity contribution >= 4 is 34.6 Å². The largest absolute Gasteiger partial charge is 0.369 e. The van der Waals surface area contributed by atoms with E-state index in [9.17, 15) is 9.59 Å². The smallest absolute Gasteiger partial charge is 0.235 e. The number of carbonyl (C=O) groups is 2. The first kappa shape index (κ1) is 15.9. The average Bonchev–Trinajstić information content (AvgIpc) is 2.96. The lowest BCUT2D eigenvalue weighted by atomic mass is 9.96. The number of aromatic nitrogens is 2. The van der Waals surface area contributed by atoms with E-state index in [0.29, 0.717) is 25.9 Å². The predicted octanol–water partition coefficient (Wildman–Crippen LogP) is 1.77. The van der Waals surface area contributed by atoms with E-state index < -0.39 is 0 Å². The fraction of sp³-hybridized carbons (Fsp3) is 0.438. The van der Waals surface area contributed by atoms with Crippen molar-refractivity contribution in [1.82, 2.24) is 14.9 Å². The number of likely N-dealkylation sites (tertiary alicyclic amines) is 1. The van der Waals surface area contributed by atoms with Crippen LogP contribution in [0.25, 0.3) is 11.0 Å². The highest BCUT2D eigenvalue weighted by molar-refractivity contribution is 8.00. The van der Waals surface area contributed by atoms with Crippen molar-refractivity contribution in [2.75, 3.05) is 13.1 Å². The number of H-pyrrole nitrogens is 1.